The van der Waals surface area contributed by atoms with Crippen LogP contribution in [0, 0.1) is 5.92 Å². The van der Waals surface area contributed by atoms with Gasteiger partial charge in [0.15, 0.2) is 5.96 Å². The lowest BCUT2D eigenvalue weighted by molar-refractivity contribution is -0.128. The second kappa shape index (κ2) is 7.24. The Morgan fingerprint density at radius 2 is 1.96 bits per heavy atom. The summed E-state index contributed by atoms with van der Waals surface area (Å²) in [5, 5.41) is 3.29. The number of guanidine groups is 1. The summed E-state index contributed by atoms with van der Waals surface area (Å²) in [5.74, 6) is 1.03. The lowest BCUT2D eigenvalue weighted by atomic mass is 10.0. The zero-order valence-electron chi connectivity index (χ0n) is 14.7. The van der Waals surface area contributed by atoms with Gasteiger partial charge in [0.2, 0.25) is 5.91 Å². The van der Waals surface area contributed by atoms with Crippen molar-refractivity contribution in [1.29, 1.82) is 0 Å². The van der Waals surface area contributed by atoms with Crippen LogP contribution < -0.4 is 11.1 Å². The molecule has 0 radical (unpaired) electrons. The minimum absolute atomic E-state index is 0.286. The van der Waals surface area contributed by atoms with Crippen LogP contribution in [0.5, 0.6) is 0 Å². The molecular formula is C19H28N4O. The number of rotatable bonds is 6. The Hall–Kier alpha value is -2.04. The summed E-state index contributed by atoms with van der Waals surface area (Å²) in [5.41, 5.74) is 9.71. The zero-order chi connectivity index (χ0) is 17.1. The van der Waals surface area contributed by atoms with Crippen LogP contribution >= 0.6 is 0 Å². The Labute approximate surface area is 144 Å². The van der Waals surface area contributed by atoms with Crippen molar-refractivity contribution in [2.75, 3.05) is 18.4 Å². The van der Waals surface area contributed by atoms with E-state index in [1.807, 2.05) is 4.90 Å². The van der Waals surface area contributed by atoms with Crippen molar-refractivity contribution >= 4 is 17.6 Å². The fraction of sp³-hybridized carbons (Fsp3) is 0.579. The van der Waals surface area contributed by atoms with Gasteiger partial charge in [0.05, 0.1) is 0 Å². The van der Waals surface area contributed by atoms with Gasteiger partial charge in [0.1, 0.15) is 0 Å². The van der Waals surface area contributed by atoms with Gasteiger partial charge in [0, 0.05) is 37.2 Å². The van der Waals surface area contributed by atoms with Gasteiger partial charge in [-0.2, -0.15) is 0 Å². The molecule has 1 amide bonds. The molecule has 3 rings (SSSR count). The molecule has 5 heteroatoms. The maximum Gasteiger partial charge on any atom is 0.223 e. The first-order valence-corrected chi connectivity index (χ1v) is 9.09. The number of para-hydroxylation sites is 1. The van der Waals surface area contributed by atoms with Gasteiger partial charge in [-0.15, -0.1) is 0 Å². The Morgan fingerprint density at radius 1 is 1.29 bits per heavy atom. The van der Waals surface area contributed by atoms with Gasteiger partial charge < -0.3 is 16.0 Å². The summed E-state index contributed by atoms with van der Waals surface area (Å²) in [6, 6.07) is 6.84. The molecule has 1 saturated heterocycles. The summed E-state index contributed by atoms with van der Waals surface area (Å²) in [7, 11) is 0. The first kappa shape index (κ1) is 16.8. The van der Waals surface area contributed by atoms with Crippen LogP contribution in [0.4, 0.5) is 5.69 Å². The van der Waals surface area contributed by atoms with Gasteiger partial charge in [-0.05, 0) is 36.8 Å². The van der Waals surface area contributed by atoms with Crippen molar-refractivity contribution in [2.45, 2.75) is 52.0 Å². The van der Waals surface area contributed by atoms with Gasteiger partial charge in [-0.1, -0.05) is 32.0 Å². The fourth-order valence-electron chi connectivity index (χ4n) is 3.47. The molecule has 1 aromatic carbocycles. The lowest BCUT2D eigenvalue weighted by Gasteiger charge is -2.16. The highest BCUT2D eigenvalue weighted by atomic mass is 16.2. The number of carbonyl (C=O) groups excluding carboxylic acids is 1. The first-order valence-electron chi connectivity index (χ1n) is 9.09. The maximum atomic E-state index is 12.0. The molecule has 5 nitrogen and oxygen atoms in total. The van der Waals surface area contributed by atoms with Crippen LogP contribution in [0.2, 0.25) is 0 Å². The van der Waals surface area contributed by atoms with Crippen molar-refractivity contribution < 1.29 is 4.79 Å². The maximum absolute atomic E-state index is 12.0. The van der Waals surface area contributed by atoms with E-state index in [0.717, 1.165) is 25.1 Å². The highest BCUT2D eigenvalue weighted by Crippen LogP contribution is 2.32. The molecular weight excluding hydrogens is 300 g/mol. The largest absolute Gasteiger partial charge is 0.370 e. The fourth-order valence-corrected chi connectivity index (χ4v) is 3.47. The number of hydrogen-bond donors (Lipinski definition) is 2. The number of nitrogens with zero attached hydrogens (tertiary/aromatic N) is 2. The summed E-state index contributed by atoms with van der Waals surface area (Å²) in [6.07, 6.45) is 4.85. The van der Waals surface area contributed by atoms with Gasteiger partial charge in [-0.3, -0.25) is 9.79 Å². The zero-order valence-corrected chi connectivity index (χ0v) is 14.7. The average molecular weight is 328 g/mol. The summed E-state index contributed by atoms with van der Waals surface area (Å²) in [4.78, 5) is 18.5. The number of nitrogens with one attached hydrogen (secondary N) is 1. The van der Waals surface area contributed by atoms with Crippen LogP contribution in [0.25, 0.3) is 0 Å². The summed E-state index contributed by atoms with van der Waals surface area (Å²) in [6.45, 7) is 5.74. The van der Waals surface area contributed by atoms with Crippen molar-refractivity contribution in [3.63, 3.8) is 0 Å². The number of benzene rings is 1. The van der Waals surface area contributed by atoms with Gasteiger partial charge in [-0.25, -0.2) is 0 Å². The predicted molar refractivity (Wildman–Crippen MR) is 98.2 cm³/mol. The molecule has 1 unspecified atom stereocenters. The summed E-state index contributed by atoms with van der Waals surface area (Å²) >= 11 is 0. The van der Waals surface area contributed by atoms with Crippen molar-refractivity contribution in [3.05, 3.63) is 29.3 Å². The topological polar surface area (TPSA) is 70.7 Å². The molecule has 0 bridgehead atoms. The number of amides is 1. The molecule has 2 fully saturated rings. The van der Waals surface area contributed by atoms with E-state index in [1.165, 1.54) is 24.0 Å². The van der Waals surface area contributed by atoms with Crippen LogP contribution in [0.15, 0.2) is 23.2 Å². The third-order valence-electron chi connectivity index (χ3n) is 5.00. The number of anilines is 1. The number of nitrogens with two attached hydrogens (primary N) is 1. The second-order valence-electron chi connectivity index (χ2n) is 6.86. The molecule has 1 saturated carbocycles. The van der Waals surface area contributed by atoms with E-state index in [1.54, 1.807) is 0 Å². The van der Waals surface area contributed by atoms with Crippen molar-refractivity contribution in [2.24, 2.45) is 16.6 Å². The first-order chi connectivity index (χ1) is 11.6. The van der Waals surface area contributed by atoms with E-state index in [2.05, 4.69) is 42.4 Å². The van der Waals surface area contributed by atoms with E-state index >= 15 is 0 Å². The van der Waals surface area contributed by atoms with Crippen LogP contribution in [-0.2, 0) is 17.6 Å². The second-order valence-corrected chi connectivity index (χ2v) is 6.86. The van der Waals surface area contributed by atoms with Gasteiger partial charge >= 0.3 is 0 Å². The normalized spacial score (nSPS) is 21.4. The van der Waals surface area contributed by atoms with E-state index in [9.17, 15) is 4.79 Å². The average Bonchev–Trinajstić information content (AvgIpc) is 3.36. The Balaban J connectivity index is 1.62. The van der Waals surface area contributed by atoms with E-state index in [-0.39, 0.29) is 5.91 Å². The van der Waals surface area contributed by atoms with Crippen LogP contribution in [-0.4, -0.2) is 35.9 Å². The van der Waals surface area contributed by atoms with Gasteiger partial charge in [0.25, 0.3) is 0 Å². The molecule has 3 N–H and O–H groups in total. The molecule has 0 spiro atoms. The number of aliphatic imine (C=N–C) groups is 1. The van der Waals surface area contributed by atoms with E-state index in [0.29, 0.717) is 30.9 Å². The minimum atomic E-state index is 0.286. The third kappa shape index (κ3) is 3.71. The number of hydrogen-bond acceptors (Lipinski definition) is 2. The lowest BCUT2D eigenvalue weighted by Crippen LogP contribution is -2.28. The molecule has 1 aliphatic carbocycles. The monoisotopic (exact) mass is 328 g/mol. The van der Waals surface area contributed by atoms with E-state index in [4.69, 9.17) is 5.73 Å². The van der Waals surface area contributed by atoms with Crippen LogP contribution in [0.1, 0.15) is 44.2 Å². The smallest absolute Gasteiger partial charge is 0.223 e. The third-order valence-corrected chi connectivity index (χ3v) is 5.00. The van der Waals surface area contributed by atoms with Crippen molar-refractivity contribution in [1.82, 2.24) is 4.90 Å². The molecule has 2 aliphatic rings. The molecule has 0 aromatic heterocycles. The minimum Gasteiger partial charge on any atom is -0.370 e. The van der Waals surface area contributed by atoms with Crippen LogP contribution in [0.3, 0.4) is 0 Å². The molecule has 1 heterocycles. The summed E-state index contributed by atoms with van der Waals surface area (Å²) < 4.78 is 0. The number of aryl methyl sites for hydroxylation is 2. The predicted octanol–water partition coefficient (Wildman–Crippen LogP) is 2.55. The Morgan fingerprint density at radius 3 is 2.54 bits per heavy atom. The highest BCUT2D eigenvalue weighted by Gasteiger charge is 2.39. The molecule has 24 heavy (non-hydrogen) atoms. The standard InChI is InChI=1S/C19H28N4O/c1-3-14-6-5-7-15(4-2)18(14)22-19(20)21-11-13-10-17(24)23(12-13)16-8-9-16/h5-7,13,16H,3-4,8-12H2,1-2H3,(H3,20,21,22). The molecule has 1 atom stereocenters. The van der Waals surface area contributed by atoms with Crippen molar-refractivity contribution in [3.8, 4) is 0 Å². The number of likely N-dealkylation sites (tertiary alicyclic amines) is 1. The van der Waals surface area contributed by atoms with E-state index < -0.39 is 0 Å². The Kier molecular flexibility index (Phi) is 5.07. The quantitative estimate of drug-likeness (QED) is 0.623. The number of carbonyl (C=O) groups is 1. The Bertz CT molecular complexity index is 614. The highest BCUT2D eigenvalue weighted by molar-refractivity contribution is 5.94. The molecule has 1 aromatic rings. The SMILES string of the molecule is CCc1cccc(CC)c1NC(N)=NCC1CC(=O)N(C2CC2)C1. The molecule has 130 valence electrons. The molecule has 1 aliphatic heterocycles.